The molecule has 0 aromatic heterocycles. The number of hydrogen-bond acceptors (Lipinski definition) is 2. The zero-order chi connectivity index (χ0) is 23.9. The van der Waals surface area contributed by atoms with Crippen molar-refractivity contribution in [3.05, 3.63) is 64.8 Å². The average Bonchev–Trinajstić information content (AvgIpc) is 2.89. The van der Waals surface area contributed by atoms with Crippen LogP contribution >= 0.6 is 15.9 Å². The Balaban J connectivity index is 0.00000176. The minimum absolute atomic E-state index is 0.190. The summed E-state index contributed by atoms with van der Waals surface area (Å²) in [5, 5.41) is 0. The van der Waals surface area contributed by atoms with E-state index in [0.29, 0.717) is 11.8 Å². The number of hydrogen-bond donors (Lipinski definition) is 0. The van der Waals surface area contributed by atoms with Crippen LogP contribution in [0.4, 0.5) is 4.79 Å². The third-order valence-electron chi connectivity index (χ3n) is 5.95. The van der Waals surface area contributed by atoms with E-state index in [1.165, 1.54) is 22.3 Å². The molecule has 1 aliphatic heterocycles. The van der Waals surface area contributed by atoms with Crippen LogP contribution in [0, 0.1) is 5.92 Å². The number of halogens is 1. The van der Waals surface area contributed by atoms with Crippen LogP contribution in [0.3, 0.4) is 0 Å². The first-order valence-corrected chi connectivity index (χ1v) is 12.8. The molecular formula is C28H40BrNO2. The topological polar surface area (TPSA) is 29.5 Å². The molecule has 0 N–H and O–H groups in total. The van der Waals surface area contributed by atoms with Gasteiger partial charge >= 0.3 is 6.09 Å². The Labute approximate surface area is 203 Å². The number of fused-ring (bicyclic) bond motifs is 1. The molecule has 3 rings (SSSR count). The summed E-state index contributed by atoms with van der Waals surface area (Å²) in [6.45, 7) is 15.6. The van der Waals surface area contributed by atoms with Crippen molar-refractivity contribution in [1.82, 2.24) is 4.90 Å². The lowest BCUT2D eigenvalue weighted by atomic mass is 9.73. The van der Waals surface area contributed by atoms with Gasteiger partial charge in [0.1, 0.15) is 5.60 Å². The number of piperidine rings is 1. The molecule has 1 aromatic carbocycles. The number of nitrogens with zero attached hydrogens (tertiary/aromatic N) is 1. The predicted molar refractivity (Wildman–Crippen MR) is 140 cm³/mol. The maximum Gasteiger partial charge on any atom is 0.410 e. The molecular weight excluding hydrogens is 462 g/mol. The lowest BCUT2D eigenvalue weighted by Crippen LogP contribution is -2.42. The van der Waals surface area contributed by atoms with Crippen molar-refractivity contribution >= 4 is 26.5 Å². The molecule has 0 spiro atoms. The molecule has 1 atom stereocenters. The van der Waals surface area contributed by atoms with Crippen LogP contribution in [0.15, 0.2) is 53.6 Å². The van der Waals surface area contributed by atoms with Gasteiger partial charge in [0.15, 0.2) is 0 Å². The van der Waals surface area contributed by atoms with Crippen molar-refractivity contribution in [1.29, 1.82) is 0 Å². The standard InChI is InChI=1S/C26H34BrNO2.C2H6/c1-6-10-20-18(7-2)17-23(27)21-11-8-9-12-22(21)24(20)19-13-15-28(16-14-19)25(29)30-26(3,4)5;1-2/h6,8-12,17,19,24H,7,13-16H2,1-5H3;1-2H3/b10-6-;. The van der Waals surface area contributed by atoms with Gasteiger partial charge in [-0.05, 0) is 81.2 Å². The van der Waals surface area contributed by atoms with Gasteiger partial charge in [-0.1, -0.05) is 73.1 Å². The summed E-state index contributed by atoms with van der Waals surface area (Å²) in [5.74, 6) is 0.823. The number of benzene rings is 1. The second kappa shape index (κ2) is 11.9. The van der Waals surface area contributed by atoms with Crippen molar-refractivity contribution in [3.63, 3.8) is 0 Å². The summed E-state index contributed by atoms with van der Waals surface area (Å²) in [5.41, 5.74) is 5.01. The zero-order valence-electron chi connectivity index (χ0n) is 20.9. The fourth-order valence-electron chi connectivity index (χ4n) is 4.61. The third kappa shape index (κ3) is 6.37. The summed E-state index contributed by atoms with van der Waals surface area (Å²) in [6, 6.07) is 8.75. The van der Waals surface area contributed by atoms with Crippen LogP contribution in [0.2, 0.25) is 0 Å². The van der Waals surface area contributed by atoms with Crippen LogP contribution in [-0.4, -0.2) is 29.7 Å². The van der Waals surface area contributed by atoms with Gasteiger partial charge in [-0.2, -0.15) is 0 Å². The number of allylic oxidation sites excluding steroid dienone is 5. The molecule has 176 valence electrons. The lowest BCUT2D eigenvalue weighted by molar-refractivity contribution is 0.0178. The molecule has 1 saturated heterocycles. The quantitative estimate of drug-likeness (QED) is 0.415. The van der Waals surface area contributed by atoms with E-state index in [4.69, 9.17) is 4.74 Å². The van der Waals surface area contributed by atoms with Crippen molar-refractivity contribution in [2.45, 2.75) is 79.2 Å². The SMILES string of the molecule is C/C=C\C1=C(CC)C=C(Br)c2ccccc2C1C1CCN(C(=O)OC(C)(C)C)CC1.CC. The van der Waals surface area contributed by atoms with Crippen molar-refractivity contribution in [3.8, 4) is 0 Å². The van der Waals surface area contributed by atoms with E-state index in [-0.39, 0.29) is 6.09 Å². The number of ether oxygens (including phenoxy) is 1. The number of amides is 1. The second-order valence-electron chi connectivity index (χ2n) is 9.20. The van der Waals surface area contributed by atoms with Gasteiger partial charge < -0.3 is 9.64 Å². The number of carbonyl (C=O) groups excluding carboxylic acids is 1. The van der Waals surface area contributed by atoms with E-state index < -0.39 is 5.60 Å². The summed E-state index contributed by atoms with van der Waals surface area (Å²) < 4.78 is 6.75. The monoisotopic (exact) mass is 501 g/mol. The molecule has 1 amide bonds. The second-order valence-corrected chi connectivity index (χ2v) is 10.1. The molecule has 0 radical (unpaired) electrons. The molecule has 1 unspecified atom stereocenters. The molecule has 1 heterocycles. The van der Waals surface area contributed by atoms with E-state index in [0.717, 1.165) is 36.8 Å². The highest BCUT2D eigenvalue weighted by Crippen LogP contribution is 2.46. The maximum atomic E-state index is 12.5. The molecule has 2 aliphatic rings. The molecule has 0 bridgehead atoms. The first-order valence-electron chi connectivity index (χ1n) is 12.0. The van der Waals surface area contributed by atoms with Crippen LogP contribution in [0.25, 0.3) is 4.48 Å². The third-order valence-corrected chi connectivity index (χ3v) is 6.61. The maximum absolute atomic E-state index is 12.5. The Hall–Kier alpha value is -1.81. The van der Waals surface area contributed by atoms with Crippen molar-refractivity contribution in [2.24, 2.45) is 5.92 Å². The van der Waals surface area contributed by atoms with E-state index in [2.05, 4.69) is 72.3 Å². The van der Waals surface area contributed by atoms with Crippen molar-refractivity contribution < 1.29 is 9.53 Å². The molecule has 0 saturated carbocycles. The van der Waals surface area contributed by atoms with E-state index >= 15 is 0 Å². The van der Waals surface area contributed by atoms with Crippen LogP contribution in [0.5, 0.6) is 0 Å². The van der Waals surface area contributed by atoms with Gasteiger partial charge in [-0.25, -0.2) is 4.79 Å². The molecule has 32 heavy (non-hydrogen) atoms. The molecule has 3 nitrogen and oxygen atoms in total. The van der Waals surface area contributed by atoms with E-state index in [9.17, 15) is 4.79 Å². The first-order chi connectivity index (χ1) is 15.2. The first kappa shape index (κ1) is 26.4. The summed E-state index contributed by atoms with van der Waals surface area (Å²) >= 11 is 3.84. The predicted octanol–water partition coefficient (Wildman–Crippen LogP) is 8.48. The highest BCUT2D eigenvalue weighted by Gasteiger charge is 2.35. The largest absolute Gasteiger partial charge is 0.444 e. The smallest absolute Gasteiger partial charge is 0.410 e. The van der Waals surface area contributed by atoms with Gasteiger partial charge in [-0.15, -0.1) is 0 Å². The summed E-state index contributed by atoms with van der Waals surface area (Å²) in [4.78, 5) is 14.4. The van der Waals surface area contributed by atoms with Gasteiger partial charge in [0, 0.05) is 23.5 Å². The van der Waals surface area contributed by atoms with E-state index in [1.807, 2.05) is 39.5 Å². The zero-order valence-corrected chi connectivity index (χ0v) is 22.5. The molecule has 4 heteroatoms. The minimum Gasteiger partial charge on any atom is -0.444 e. The Bertz CT molecular complexity index is 868. The highest BCUT2D eigenvalue weighted by molar-refractivity contribution is 9.15. The lowest BCUT2D eigenvalue weighted by Gasteiger charge is -2.38. The minimum atomic E-state index is -0.454. The molecule has 1 aromatic rings. The average molecular weight is 503 g/mol. The summed E-state index contributed by atoms with van der Waals surface area (Å²) in [7, 11) is 0. The fraction of sp³-hybridized carbons (Fsp3) is 0.536. The Morgan fingerprint density at radius 3 is 2.38 bits per heavy atom. The Morgan fingerprint density at radius 1 is 1.19 bits per heavy atom. The van der Waals surface area contributed by atoms with Crippen molar-refractivity contribution in [2.75, 3.05) is 13.1 Å². The molecule has 1 fully saturated rings. The van der Waals surface area contributed by atoms with Gasteiger partial charge in [0.05, 0.1) is 0 Å². The highest BCUT2D eigenvalue weighted by atomic mass is 79.9. The van der Waals surface area contributed by atoms with Gasteiger partial charge in [0.25, 0.3) is 0 Å². The van der Waals surface area contributed by atoms with E-state index in [1.54, 1.807) is 0 Å². The van der Waals surface area contributed by atoms with Gasteiger partial charge in [-0.3, -0.25) is 0 Å². The Morgan fingerprint density at radius 2 is 1.81 bits per heavy atom. The summed E-state index contributed by atoms with van der Waals surface area (Å²) in [6.07, 6.45) is 9.51. The van der Waals surface area contributed by atoms with Crippen LogP contribution < -0.4 is 0 Å². The normalized spacial score (nSPS) is 19.7. The number of likely N-dealkylation sites (tertiary alicyclic amines) is 1. The number of rotatable bonds is 3. The number of carbonyl (C=O) groups is 1. The van der Waals surface area contributed by atoms with Crippen LogP contribution in [-0.2, 0) is 4.74 Å². The molecule has 1 aliphatic carbocycles. The fourth-order valence-corrected chi connectivity index (χ4v) is 5.25. The van der Waals surface area contributed by atoms with Gasteiger partial charge in [0.2, 0.25) is 0 Å². The Kier molecular flexibility index (Phi) is 9.82. The van der Waals surface area contributed by atoms with Crippen LogP contribution in [0.1, 0.15) is 84.8 Å².